The summed E-state index contributed by atoms with van der Waals surface area (Å²) < 4.78 is 16.3. The van der Waals surface area contributed by atoms with Crippen molar-refractivity contribution in [2.45, 2.75) is 6.61 Å². The number of halogens is 1. The van der Waals surface area contributed by atoms with E-state index in [0.717, 1.165) is 5.56 Å². The molecule has 0 radical (unpaired) electrons. The first kappa shape index (κ1) is 23.6. The SMILES string of the molecule is COc1ccccc1NC(=O)C(=O)NN=Cc1ccc(OCc2ccc(Cl)cc2)c(OC)c1. The number of para-hydroxylation sites is 2. The first-order valence-corrected chi connectivity index (χ1v) is 10.2. The lowest BCUT2D eigenvalue weighted by Gasteiger charge is -2.11. The van der Waals surface area contributed by atoms with Crippen LogP contribution in [0.4, 0.5) is 5.69 Å². The molecule has 0 atom stereocenters. The molecule has 3 aromatic carbocycles. The van der Waals surface area contributed by atoms with Gasteiger partial charge in [0.15, 0.2) is 11.5 Å². The molecule has 0 heterocycles. The zero-order valence-electron chi connectivity index (χ0n) is 18.0. The molecular weight excluding hydrogens is 446 g/mol. The van der Waals surface area contributed by atoms with Crippen LogP contribution in [-0.4, -0.2) is 32.2 Å². The molecule has 2 amide bonds. The van der Waals surface area contributed by atoms with Gasteiger partial charge in [-0.1, -0.05) is 35.9 Å². The maximum absolute atomic E-state index is 12.1. The monoisotopic (exact) mass is 467 g/mol. The Kier molecular flexibility index (Phi) is 8.26. The van der Waals surface area contributed by atoms with E-state index in [0.29, 0.717) is 40.1 Å². The minimum Gasteiger partial charge on any atom is -0.495 e. The Labute approximate surface area is 196 Å². The fourth-order valence-corrected chi connectivity index (χ4v) is 2.89. The number of carbonyl (C=O) groups is 2. The molecule has 33 heavy (non-hydrogen) atoms. The lowest BCUT2D eigenvalue weighted by molar-refractivity contribution is -0.136. The number of ether oxygens (including phenoxy) is 3. The predicted molar refractivity (Wildman–Crippen MR) is 126 cm³/mol. The number of anilines is 1. The number of hydrazone groups is 1. The second-order valence-corrected chi connectivity index (χ2v) is 7.12. The number of hydrogen-bond acceptors (Lipinski definition) is 6. The van der Waals surface area contributed by atoms with Gasteiger partial charge in [-0.25, -0.2) is 5.43 Å². The second kappa shape index (κ2) is 11.5. The standard InChI is InChI=1S/C24H22ClN3O5/c1-31-20-6-4-3-5-19(20)27-23(29)24(30)28-26-14-17-9-12-21(22(13-17)32-2)33-15-16-7-10-18(25)11-8-16/h3-14H,15H2,1-2H3,(H,27,29)(H,28,30). The topological polar surface area (TPSA) is 98.2 Å². The summed E-state index contributed by atoms with van der Waals surface area (Å²) in [6.45, 7) is 0.346. The van der Waals surface area contributed by atoms with Gasteiger partial charge in [0.05, 0.1) is 26.1 Å². The molecule has 0 aliphatic carbocycles. The van der Waals surface area contributed by atoms with Crippen LogP contribution in [0, 0.1) is 0 Å². The molecule has 2 N–H and O–H groups in total. The Morgan fingerprint density at radius 3 is 2.36 bits per heavy atom. The molecule has 0 unspecified atom stereocenters. The van der Waals surface area contributed by atoms with Crippen molar-refractivity contribution in [1.82, 2.24) is 5.43 Å². The summed E-state index contributed by atoms with van der Waals surface area (Å²) in [5.41, 5.74) is 4.16. The molecule has 0 fully saturated rings. The van der Waals surface area contributed by atoms with Crippen LogP contribution in [0.3, 0.4) is 0 Å². The largest absolute Gasteiger partial charge is 0.495 e. The highest BCUT2D eigenvalue weighted by atomic mass is 35.5. The van der Waals surface area contributed by atoms with E-state index in [1.54, 1.807) is 54.6 Å². The number of rotatable bonds is 8. The molecular formula is C24H22ClN3O5. The van der Waals surface area contributed by atoms with Crippen molar-refractivity contribution < 1.29 is 23.8 Å². The molecule has 0 saturated heterocycles. The number of nitrogens with zero attached hydrogens (tertiary/aromatic N) is 1. The summed E-state index contributed by atoms with van der Waals surface area (Å²) >= 11 is 5.89. The average molecular weight is 468 g/mol. The zero-order valence-corrected chi connectivity index (χ0v) is 18.8. The van der Waals surface area contributed by atoms with Gasteiger partial charge in [0.1, 0.15) is 12.4 Å². The number of nitrogens with one attached hydrogen (secondary N) is 2. The van der Waals surface area contributed by atoms with E-state index in [1.165, 1.54) is 20.4 Å². The summed E-state index contributed by atoms with van der Waals surface area (Å²) in [5, 5.41) is 6.96. The smallest absolute Gasteiger partial charge is 0.329 e. The molecule has 3 rings (SSSR count). The fraction of sp³-hybridized carbons (Fsp3) is 0.125. The molecule has 0 aromatic heterocycles. The van der Waals surface area contributed by atoms with Gasteiger partial charge in [-0.2, -0.15) is 5.10 Å². The van der Waals surface area contributed by atoms with Crippen molar-refractivity contribution in [2.75, 3.05) is 19.5 Å². The van der Waals surface area contributed by atoms with Crippen molar-refractivity contribution in [1.29, 1.82) is 0 Å². The third-order valence-electron chi connectivity index (χ3n) is 4.44. The minimum absolute atomic E-state index is 0.346. The van der Waals surface area contributed by atoms with Crippen LogP contribution >= 0.6 is 11.6 Å². The summed E-state index contributed by atoms with van der Waals surface area (Å²) in [5.74, 6) is -0.321. The van der Waals surface area contributed by atoms with Crippen LogP contribution in [0.1, 0.15) is 11.1 Å². The van der Waals surface area contributed by atoms with E-state index in [9.17, 15) is 9.59 Å². The predicted octanol–water partition coefficient (Wildman–Crippen LogP) is 4.03. The molecule has 0 aliphatic rings. The summed E-state index contributed by atoms with van der Waals surface area (Å²) in [6, 6.07) is 19.3. The van der Waals surface area contributed by atoms with Crippen molar-refractivity contribution in [3.8, 4) is 17.2 Å². The first-order valence-electron chi connectivity index (χ1n) is 9.83. The van der Waals surface area contributed by atoms with E-state index < -0.39 is 11.8 Å². The Morgan fingerprint density at radius 2 is 1.64 bits per heavy atom. The highest BCUT2D eigenvalue weighted by Crippen LogP contribution is 2.28. The van der Waals surface area contributed by atoms with Crippen LogP contribution in [0.2, 0.25) is 5.02 Å². The van der Waals surface area contributed by atoms with E-state index in [2.05, 4.69) is 15.8 Å². The van der Waals surface area contributed by atoms with E-state index >= 15 is 0 Å². The fourth-order valence-electron chi connectivity index (χ4n) is 2.77. The molecule has 0 saturated carbocycles. The Hall–Kier alpha value is -4.04. The van der Waals surface area contributed by atoms with E-state index in [-0.39, 0.29) is 0 Å². The molecule has 3 aromatic rings. The van der Waals surface area contributed by atoms with Gasteiger partial charge in [0.25, 0.3) is 0 Å². The highest BCUT2D eigenvalue weighted by Gasteiger charge is 2.15. The van der Waals surface area contributed by atoms with Crippen LogP contribution in [0.15, 0.2) is 71.8 Å². The van der Waals surface area contributed by atoms with Crippen molar-refractivity contribution in [3.63, 3.8) is 0 Å². The Balaban J connectivity index is 1.57. The average Bonchev–Trinajstić information content (AvgIpc) is 2.84. The van der Waals surface area contributed by atoms with Crippen LogP contribution in [-0.2, 0) is 16.2 Å². The number of amides is 2. The van der Waals surface area contributed by atoms with Gasteiger partial charge in [-0.15, -0.1) is 0 Å². The minimum atomic E-state index is -0.924. The number of carbonyl (C=O) groups excluding carboxylic acids is 2. The van der Waals surface area contributed by atoms with Crippen molar-refractivity contribution in [3.05, 3.63) is 82.9 Å². The van der Waals surface area contributed by atoms with E-state index in [4.69, 9.17) is 25.8 Å². The Morgan fingerprint density at radius 1 is 0.909 bits per heavy atom. The third kappa shape index (κ3) is 6.72. The molecule has 0 spiro atoms. The Bertz CT molecular complexity index is 1150. The zero-order chi connectivity index (χ0) is 23.6. The normalized spacial score (nSPS) is 10.5. The number of hydrogen-bond donors (Lipinski definition) is 2. The van der Waals surface area contributed by atoms with Gasteiger partial charge in [-0.3, -0.25) is 9.59 Å². The van der Waals surface area contributed by atoms with Crippen molar-refractivity contribution in [2.24, 2.45) is 5.10 Å². The summed E-state index contributed by atoms with van der Waals surface area (Å²) in [6.07, 6.45) is 1.39. The maximum atomic E-state index is 12.1. The lowest BCUT2D eigenvalue weighted by atomic mass is 10.2. The van der Waals surface area contributed by atoms with Crippen LogP contribution < -0.4 is 25.0 Å². The highest BCUT2D eigenvalue weighted by molar-refractivity contribution is 6.39. The number of methoxy groups -OCH3 is 2. The third-order valence-corrected chi connectivity index (χ3v) is 4.69. The van der Waals surface area contributed by atoms with E-state index in [1.807, 2.05) is 12.1 Å². The van der Waals surface area contributed by atoms with Gasteiger partial charge in [0.2, 0.25) is 0 Å². The molecule has 9 heteroatoms. The summed E-state index contributed by atoms with van der Waals surface area (Å²) in [7, 11) is 2.99. The van der Waals surface area contributed by atoms with Gasteiger partial charge < -0.3 is 19.5 Å². The quantitative estimate of drug-likeness (QED) is 0.296. The molecule has 8 nitrogen and oxygen atoms in total. The maximum Gasteiger partial charge on any atom is 0.329 e. The second-order valence-electron chi connectivity index (χ2n) is 6.68. The van der Waals surface area contributed by atoms with Gasteiger partial charge in [-0.05, 0) is 53.6 Å². The van der Waals surface area contributed by atoms with Crippen molar-refractivity contribution >= 4 is 35.3 Å². The molecule has 170 valence electrons. The molecule has 0 aliphatic heterocycles. The van der Waals surface area contributed by atoms with Gasteiger partial charge >= 0.3 is 11.8 Å². The summed E-state index contributed by atoms with van der Waals surface area (Å²) in [4.78, 5) is 24.1. The van der Waals surface area contributed by atoms with Crippen LogP contribution in [0.5, 0.6) is 17.2 Å². The van der Waals surface area contributed by atoms with Crippen LogP contribution in [0.25, 0.3) is 0 Å². The number of benzene rings is 3. The first-order chi connectivity index (χ1) is 16.0. The van der Waals surface area contributed by atoms with Gasteiger partial charge in [0, 0.05) is 5.02 Å². The lowest BCUT2D eigenvalue weighted by Crippen LogP contribution is -2.32. The molecule has 0 bridgehead atoms.